The molecule has 388 valence electrons. The summed E-state index contributed by atoms with van der Waals surface area (Å²) in [6.07, 6.45) is 13.1. The van der Waals surface area contributed by atoms with E-state index in [4.69, 9.17) is 29.5 Å². The van der Waals surface area contributed by atoms with Crippen LogP contribution in [0.5, 0.6) is 0 Å². The number of nitrogens with zero attached hydrogens (tertiary/aromatic N) is 5. The topological polar surface area (TPSA) is 264 Å². The van der Waals surface area contributed by atoms with Crippen LogP contribution in [0.2, 0.25) is 0 Å². The number of nitrogens with two attached hydrogens (primary N) is 1. The highest BCUT2D eigenvalue weighted by Gasteiger charge is 2.58. The normalized spacial score (nSPS) is 28.5. The summed E-state index contributed by atoms with van der Waals surface area (Å²) in [7, 11) is 2.87. The van der Waals surface area contributed by atoms with Crippen LogP contribution in [0.15, 0.2) is 87.0 Å². The third-order valence-corrected chi connectivity index (χ3v) is 17.1. The first-order chi connectivity index (χ1) is 34.9. The highest BCUT2D eigenvalue weighted by molar-refractivity contribution is 5.96. The van der Waals surface area contributed by atoms with Gasteiger partial charge in [0.2, 0.25) is 23.4 Å². The van der Waals surface area contributed by atoms with Gasteiger partial charge in [-0.2, -0.15) is 9.97 Å². The minimum Gasteiger partial charge on any atom is -0.481 e. The highest BCUT2D eigenvalue weighted by atomic mass is 19.1. The van der Waals surface area contributed by atoms with Crippen molar-refractivity contribution in [3.8, 4) is 22.8 Å². The molecule has 0 aliphatic heterocycles. The number of benzene rings is 3. The van der Waals surface area contributed by atoms with Gasteiger partial charge in [0, 0.05) is 27.5 Å². The number of carboxylic acid groups (broad SMARTS) is 2. The van der Waals surface area contributed by atoms with Crippen LogP contribution in [0.25, 0.3) is 22.8 Å². The second kappa shape index (κ2) is 20.8. The molecule has 0 radical (unpaired) electrons. The van der Waals surface area contributed by atoms with Gasteiger partial charge in [-0.1, -0.05) is 15.5 Å². The van der Waals surface area contributed by atoms with Crippen molar-refractivity contribution in [3.63, 3.8) is 0 Å². The summed E-state index contributed by atoms with van der Waals surface area (Å²) in [5, 5.41) is 37.7. The molecule has 6 bridgehead atoms. The minimum absolute atomic E-state index is 0.0231. The summed E-state index contributed by atoms with van der Waals surface area (Å²) in [4.78, 5) is 55.5. The molecule has 9 aliphatic rings. The van der Waals surface area contributed by atoms with Gasteiger partial charge < -0.3 is 39.7 Å². The van der Waals surface area contributed by atoms with Crippen LogP contribution in [0.4, 0.5) is 13.2 Å². The van der Waals surface area contributed by atoms with E-state index in [0.29, 0.717) is 92.3 Å². The zero-order chi connectivity index (χ0) is 52.2. The molecule has 2 aromatic heterocycles. The number of halogens is 3. The molecule has 0 amide bonds. The number of aliphatic carboxylic acids is 2. The molecule has 0 atom stereocenters. The number of carboxylic acids is 2. The maximum absolute atomic E-state index is 13.0. The number of carbonyl (C=O) groups is 4. The van der Waals surface area contributed by atoms with Gasteiger partial charge in [0.25, 0.3) is 0 Å². The average molecular weight is 1010 g/mol. The number of rotatable bonds is 9. The summed E-state index contributed by atoms with van der Waals surface area (Å²) in [6.45, 7) is 0. The Morgan fingerprint density at radius 1 is 0.507 bits per heavy atom. The van der Waals surface area contributed by atoms with Gasteiger partial charge in [0.1, 0.15) is 17.5 Å². The molecule has 20 heteroatoms. The first-order valence-electron chi connectivity index (χ1n) is 24.5. The molecular weight excluding hydrogens is 954 g/mol. The molecule has 9 saturated carbocycles. The van der Waals surface area contributed by atoms with Crippen LogP contribution < -0.4 is 5.73 Å². The molecule has 0 unspecified atom stereocenters. The summed E-state index contributed by atoms with van der Waals surface area (Å²) in [5.41, 5.74) is 5.04. The Morgan fingerprint density at radius 3 is 1.10 bits per heavy atom. The van der Waals surface area contributed by atoms with Gasteiger partial charge >= 0.3 is 23.9 Å². The predicted molar refractivity (Wildman–Crippen MR) is 254 cm³/mol. The second-order valence-electron chi connectivity index (χ2n) is 20.6. The molecule has 2 heterocycles. The molecule has 17 nitrogen and oxygen atoms in total. The van der Waals surface area contributed by atoms with Crippen molar-refractivity contribution in [2.75, 3.05) is 14.2 Å². The van der Waals surface area contributed by atoms with Crippen molar-refractivity contribution >= 4 is 29.7 Å². The fourth-order valence-electron chi connectivity index (χ4n) is 11.9. The van der Waals surface area contributed by atoms with E-state index in [9.17, 15) is 42.6 Å². The molecular formula is C53H59F3N6O11. The fourth-order valence-corrected chi connectivity index (χ4v) is 11.9. The molecule has 9 fully saturated rings. The van der Waals surface area contributed by atoms with E-state index in [1.54, 1.807) is 24.3 Å². The highest BCUT2D eigenvalue weighted by Crippen LogP contribution is 2.60. The number of amidine groups is 1. The van der Waals surface area contributed by atoms with Crippen molar-refractivity contribution < 1.29 is 66.3 Å². The Hall–Kier alpha value is -7.12. The molecule has 3 aromatic carbocycles. The molecule has 0 saturated heterocycles. The van der Waals surface area contributed by atoms with Crippen molar-refractivity contribution in [1.82, 2.24) is 20.3 Å². The molecule has 5 aromatic rings. The summed E-state index contributed by atoms with van der Waals surface area (Å²) in [5.74, 6) is -0.413. The summed E-state index contributed by atoms with van der Waals surface area (Å²) < 4.78 is 59.2. The van der Waals surface area contributed by atoms with E-state index >= 15 is 0 Å². The lowest BCUT2D eigenvalue weighted by Gasteiger charge is -2.49. The van der Waals surface area contributed by atoms with Gasteiger partial charge in [-0.05, 0) is 188 Å². The van der Waals surface area contributed by atoms with E-state index in [-0.39, 0.29) is 56.9 Å². The van der Waals surface area contributed by atoms with E-state index < -0.39 is 22.8 Å². The number of fused-ring (bicyclic) bond motifs is 9. The smallest absolute Gasteiger partial charge is 0.311 e. The van der Waals surface area contributed by atoms with E-state index in [0.717, 1.165) is 63.4 Å². The van der Waals surface area contributed by atoms with E-state index in [1.807, 2.05) is 0 Å². The summed E-state index contributed by atoms with van der Waals surface area (Å²) >= 11 is 0. The Kier molecular flexibility index (Phi) is 14.9. The number of hydrogen-bond donors (Lipinski definition) is 4. The number of methoxy groups -OCH3 is 2. The van der Waals surface area contributed by atoms with Gasteiger partial charge in [0.15, 0.2) is 5.84 Å². The van der Waals surface area contributed by atoms with Crippen LogP contribution in [-0.2, 0) is 39.5 Å². The number of ether oxygens (including phenoxy) is 2. The maximum atomic E-state index is 13.0. The lowest BCUT2D eigenvalue weighted by molar-refractivity contribution is -0.172. The molecule has 5 N–H and O–H groups in total. The lowest BCUT2D eigenvalue weighted by atomic mass is 9.53. The van der Waals surface area contributed by atoms with Crippen LogP contribution in [0, 0.1) is 39.1 Å². The number of oxime groups is 1. The van der Waals surface area contributed by atoms with Gasteiger partial charge in [-0.25, -0.2) is 13.2 Å². The number of esters is 2. The largest absolute Gasteiger partial charge is 0.481 e. The average Bonchev–Trinajstić information content (AvgIpc) is 4.16. The minimum atomic E-state index is -0.694. The first-order valence-corrected chi connectivity index (χ1v) is 24.5. The standard InChI is InChI=1S/C18H19FN2O3.C17H17FN2O3.C11H16O4.C7H7FN2O/c1-23-16(22)18-9-6-17(7-10-18,8-11-18)15-20-14(21-24-15)12-2-4-13(19)5-3-12;18-12-3-1-11(2-4-12)13-19-14(23-20-13)16-5-8-17(9-6-16,10-7-16)15(21)22;1-15-9(14)11-5-2-10(3-6-11,4-7-11)8(12)13;8-6-3-1-5(2-4-6)7(9)10-11/h2-5H,6-11H2,1H3;1-4H,5-10H2,(H,21,22);2-7H2,1H3,(H,12,13);1-4,11H,(H2,9,10). The Morgan fingerprint density at radius 2 is 0.795 bits per heavy atom. The Labute approximate surface area is 418 Å². The van der Waals surface area contributed by atoms with Gasteiger partial charge in [-0.15, -0.1) is 0 Å². The quantitative estimate of drug-likeness (QED) is 0.0352. The third-order valence-electron chi connectivity index (χ3n) is 17.1. The molecule has 73 heavy (non-hydrogen) atoms. The van der Waals surface area contributed by atoms with Crippen molar-refractivity contribution in [3.05, 3.63) is 108 Å². The number of aromatic nitrogens is 4. The van der Waals surface area contributed by atoms with E-state index in [1.165, 1.54) is 62.8 Å². The second-order valence-corrected chi connectivity index (χ2v) is 20.6. The van der Waals surface area contributed by atoms with Crippen LogP contribution in [-0.4, -0.2) is 79.6 Å². The third kappa shape index (κ3) is 10.3. The maximum Gasteiger partial charge on any atom is 0.311 e. The molecule has 9 aliphatic carbocycles. The van der Waals surface area contributed by atoms with Crippen LogP contribution in [0.3, 0.4) is 0 Å². The zero-order valence-corrected chi connectivity index (χ0v) is 40.7. The Bertz CT molecular complexity index is 2760. The van der Waals surface area contributed by atoms with Crippen molar-refractivity contribution in [2.24, 2.45) is 32.5 Å². The van der Waals surface area contributed by atoms with Gasteiger partial charge in [0.05, 0.1) is 35.9 Å². The van der Waals surface area contributed by atoms with E-state index in [2.05, 4.69) is 25.4 Å². The van der Waals surface area contributed by atoms with Crippen molar-refractivity contribution in [2.45, 2.75) is 126 Å². The van der Waals surface area contributed by atoms with Gasteiger partial charge in [-0.3, -0.25) is 19.2 Å². The number of hydrogen-bond acceptors (Lipinski definition) is 14. The zero-order valence-electron chi connectivity index (χ0n) is 40.7. The number of carbonyl (C=O) groups excluding carboxylic acids is 2. The summed E-state index contributed by atoms with van der Waals surface area (Å²) in [6, 6.07) is 17.4. The monoisotopic (exact) mass is 1010 g/mol. The molecule has 0 spiro atoms. The van der Waals surface area contributed by atoms with Crippen LogP contribution in [0.1, 0.15) is 133 Å². The fraction of sp³-hybridized carbons (Fsp3) is 0.491. The predicted octanol–water partition coefficient (Wildman–Crippen LogP) is 9.70. The first kappa shape index (κ1) is 52.2. The molecule has 14 rings (SSSR count). The van der Waals surface area contributed by atoms with Crippen LogP contribution >= 0.6 is 0 Å². The lowest BCUT2D eigenvalue weighted by Crippen LogP contribution is -2.49. The SMILES string of the molecule is COC(=O)C12CCC(C(=O)O)(CC1)CC2.COC(=O)C12CCC(c3nc(-c4ccc(F)cc4)no3)(CC1)CC2.N/C(=N\O)c1ccc(F)cc1.O=C(O)C12CCC(c3nc(-c4ccc(F)cc4)no3)(CC1)CC2. The van der Waals surface area contributed by atoms with Crippen molar-refractivity contribution in [1.29, 1.82) is 0 Å². The Balaban J connectivity index is 0.000000135.